The maximum atomic E-state index is 12.1. The van der Waals surface area contributed by atoms with Gasteiger partial charge in [-0.3, -0.25) is 4.79 Å². The number of rotatable bonds is 7. The molecule has 3 aromatic rings. The third kappa shape index (κ3) is 5.50. The minimum atomic E-state index is -0.945. The van der Waals surface area contributed by atoms with Gasteiger partial charge >= 0.3 is 5.97 Å². The highest BCUT2D eigenvalue weighted by molar-refractivity contribution is 7.18. The average molecular weight is 405 g/mol. The Hall–Kier alpha value is -2.48. The molecule has 1 N–H and O–H groups in total. The number of carbonyl (C=O) groups excluding carboxylic acids is 2. The van der Waals surface area contributed by atoms with E-state index in [1.807, 2.05) is 24.3 Å². The summed E-state index contributed by atoms with van der Waals surface area (Å²) in [5, 5.41) is 3.99. The van der Waals surface area contributed by atoms with Crippen molar-refractivity contribution in [2.24, 2.45) is 0 Å². The van der Waals surface area contributed by atoms with Crippen molar-refractivity contribution in [1.29, 1.82) is 0 Å². The minimum absolute atomic E-state index is 0.208. The number of anilines is 1. The number of halogens is 1. The number of nitrogens with one attached hydrogen (secondary N) is 1. The van der Waals surface area contributed by atoms with E-state index in [0.717, 1.165) is 15.2 Å². The number of benzene rings is 2. The fourth-order valence-electron chi connectivity index (χ4n) is 2.27. The van der Waals surface area contributed by atoms with Crippen LogP contribution < -0.4 is 5.32 Å². The molecule has 27 heavy (non-hydrogen) atoms. The number of hydrogen-bond acceptors (Lipinski definition) is 6. The first-order chi connectivity index (χ1) is 13.0. The van der Waals surface area contributed by atoms with Crippen LogP contribution in [0, 0.1) is 0 Å². The van der Waals surface area contributed by atoms with Crippen LogP contribution in [0.15, 0.2) is 48.5 Å². The van der Waals surface area contributed by atoms with Gasteiger partial charge in [0.25, 0.3) is 5.91 Å². The lowest BCUT2D eigenvalue weighted by Gasteiger charge is -2.13. The van der Waals surface area contributed by atoms with E-state index in [1.54, 1.807) is 24.3 Å². The molecule has 0 unspecified atom stereocenters. The summed E-state index contributed by atoms with van der Waals surface area (Å²) in [6.45, 7) is 1.45. The summed E-state index contributed by atoms with van der Waals surface area (Å²) in [5.41, 5.74) is 1.47. The van der Waals surface area contributed by atoms with E-state index >= 15 is 0 Å². The summed E-state index contributed by atoms with van der Waals surface area (Å²) in [6.07, 6.45) is -0.945. The van der Waals surface area contributed by atoms with Crippen LogP contribution in [0.25, 0.3) is 10.2 Å². The molecular formula is C19H17ClN2O4S. The van der Waals surface area contributed by atoms with Crippen LogP contribution in [0.5, 0.6) is 0 Å². The van der Waals surface area contributed by atoms with Gasteiger partial charge in [0.2, 0.25) is 0 Å². The smallest absolute Gasteiger partial charge is 0.332 e. The van der Waals surface area contributed by atoms with Crippen molar-refractivity contribution < 1.29 is 19.1 Å². The van der Waals surface area contributed by atoms with E-state index in [0.29, 0.717) is 10.7 Å². The second-order valence-corrected chi connectivity index (χ2v) is 7.25. The number of para-hydroxylation sites is 1. The Morgan fingerprint density at radius 1 is 1.19 bits per heavy atom. The molecule has 0 aliphatic carbocycles. The highest BCUT2D eigenvalue weighted by atomic mass is 35.5. The minimum Gasteiger partial charge on any atom is -0.451 e. The number of fused-ring (bicyclic) bond motifs is 1. The number of ether oxygens (including phenoxy) is 2. The Bertz CT molecular complexity index is 909. The molecule has 0 spiro atoms. The van der Waals surface area contributed by atoms with Crippen molar-refractivity contribution in [3.63, 3.8) is 0 Å². The normalized spacial score (nSPS) is 11.9. The quantitative estimate of drug-likeness (QED) is 0.601. The van der Waals surface area contributed by atoms with Crippen LogP contribution >= 0.6 is 22.9 Å². The monoisotopic (exact) mass is 404 g/mol. The lowest BCUT2D eigenvalue weighted by atomic mass is 10.3. The Morgan fingerprint density at radius 2 is 1.93 bits per heavy atom. The number of amides is 1. The molecule has 1 heterocycles. The van der Waals surface area contributed by atoms with Crippen LogP contribution in [-0.4, -0.2) is 29.6 Å². The third-order valence-electron chi connectivity index (χ3n) is 3.57. The molecule has 0 saturated carbocycles. The summed E-state index contributed by atoms with van der Waals surface area (Å²) in [6, 6.07) is 14.4. The lowest BCUT2D eigenvalue weighted by Crippen LogP contribution is -2.31. The van der Waals surface area contributed by atoms with Crippen molar-refractivity contribution >= 4 is 50.7 Å². The number of carbonyl (C=O) groups is 2. The number of aromatic nitrogens is 1. The molecule has 0 fully saturated rings. The first-order valence-corrected chi connectivity index (χ1v) is 9.39. The number of thiazole rings is 1. The highest BCUT2D eigenvalue weighted by Crippen LogP contribution is 2.22. The largest absolute Gasteiger partial charge is 0.451 e. The van der Waals surface area contributed by atoms with E-state index in [1.165, 1.54) is 18.3 Å². The van der Waals surface area contributed by atoms with Gasteiger partial charge in [0.15, 0.2) is 6.10 Å². The van der Waals surface area contributed by atoms with Gasteiger partial charge in [0, 0.05) is 10.7 Å². The van der Waals surface area contributed by atoms with Gasteiger partial charge in [0.1, 0.15) is 11.6 Å². The van der Waals surface area contributed by atoms with Crippen LogP contribution in [0.3, 0.4) is 0 Å². The van der Waals surface area contributed by atoms with Crippen molar-refractivity contribution in [2.45, 2.75) is 19.6 Å². The molecular weight excluding hydrogens is 388 g/mol. The molecule has 1 amide bonds. The second kappa shape index (κ2) is 8.94. The highest BCUT2D eigenvalue weighted by Gasteiger charge is 2.18. The van der Waals surface area contributed by atoms with E-state index in [2.05, 4.69) is 10.3 Å². The van der Waals surface area contributed by atoms with Gasteiger partial charge in [-0.2, -0.15) is 0 Å². The summed E-state index contributed by atoms with van der Waals surface area (Å²) in [7, 11) is 0. The van der Waals surface area contributed by atoms with E-state index in [9.17, 15) is 9.59 Å². The van der Waals surface area contributed by atoms with Gasteiger partial charge in [0.05, 0.1) is 16.8 Å². The second-order valence-electron chi connectivity index (χ2n) is 5.70. The standard InChI is InChI=1S/C19H17ClN2O4S/c1-12(19(24)21-14-8-6-13(20)7-9-14)26-18(23)11-25-10-17-22-15-4-2-3-5-16(15)27-17/h2-9,12H,10-11H2,1H3,(H,21,24)/t12-/m1/s1. The van der Waals surface area contributed by atoms with E-state index < -0.39 is 18.0 Å². The molecule has 0 saturated heterocycles. The van der Waals surface area contributed by atoms with Crippen LogP contribution in [0.1, 0.15) is 11.9 Å². The molecule has 6 nitrogen and oxygen atoms in total. The van der Waals surface area contributed by atoms with E-state index in [-0.39, 0.29) is 13.2 Å². The summed E-state index contributed by atoms with van der Waals surface area (Å²) < 4.78 is 11.5. The molecule has 3 rings (SSSR count). The van der Waals surface area contributed by atoms with Gasteiger partial charge < -0.3 is 14.8 Å². The van der Waals surface area contributed by atoms with Crippen molar-refractivity contribution in [3.8, 4) is 0 Å². The Morgan fingerprint density at radius 3 is 2.67 bits per heavy atom. The molecule has 0 aliphatic rings. The Kier molecular flexibility index (Phi) is 6.39. The van der Waals surface area contributed by atoms with Crippen molar-refractivity contribution in [3.05, 3.63) is 58.6 Å². The van der Waals surface area contributed by atoms with E-state index in [4.69, 9.17) is 21.1 Å². The van der Waals surface area contributed by atoms with Crippen molar-refractivity contribution in [2.75, 3.05) is 11.9 Å². The Labute approximate surface area is 165 Å². The predicted molar refractivity (Wildman–Crippen MR) is 105 cm³/mol. The zero-order valence-corrected chi connectivity index (χ0v) is 16.0. The van der Waals surface area contributed by atoms with Gasteiger partial charge in [-0.1, -0.05) is 23.7 Å². The van der Waals surface area contributed by atoms with Crippen LogP contribution in [0.2, 0.25) is 5.02 Å². The number of esters is 1. The van der Waals surface area contributed by atoms with Crippen LogP contribution in [0.4, 0.5) is 5.69 Å². The number of nitrogens with zero attached hydrogens (tertiary/aromatic N) is 1. The molecule has 0 bridgehead atoms. The molecule has 0 radical (unpaired) electrons. The zero-order chi connectivity index (χ0) is 19.2. The fourth-order valence-corrected chi connectivity index (χ4v) is 3.30. The van der Waals surface area contributed by atoms with Crippen molar-refractivity contribution in [1.82, 2.24) is 4.98 Å². The SMILES string of the molecule is C[C@@H](OC(=O)COCc1nc2ccccc2s1)C(=O)Nc1ccc(Cl)cc1. The van der Waals surface area contributed by atoms with Gasteiger partial charge in [-0.05, 0) is 43.3 Å². The predicted octanol–water partition coefficient (Wildman–Crippen LogP) is 4.04. The first kappa shape index (κ1) is 19.3. The Balaban J connectivity index is 1.42. The maximum absolute atomic E-state index is 12.1. The maximum Gasteiger partial charge on any atom is 0.332 e. The summed E-state index contributed by atoms with van der Waals surface area (Å²) in [4.78, 5) is 28.3. The molecule has 0 aliphatic heterocycles. The number of hydrogen-bond donors (Lipinski definition) is 1. The fraction of sp³-hybridized carbons (Fsp3) is 0.211. The zero-order valence-electron chi connectivity index (χ0n) is 14.5. The van der Waals surface area contributed by atoms with Gasteiger partial charge in [-0.15, -0.1) is 11.3 Å². The average Bonchev–Trinajstić information content (AvgIpc) is 3.06. The topological polar surface area (TPSA) is 77.5 Å². The van der Waals surface area contributed by atoms with Gasteiger partial charge in [-0.25, -0.2) is 9.78 Å². The third-order valence-corrected chi connectivity index (χ3v) is 4.83. The summed E-state index contributed by atoms with van der Waals surface area (Å²) >= 11 is 7.30. The molecule has 2 aromatic carbocycles. The van der Waals surface area contributed by atoms with Crippen LogP contribution in [-0.2, 0) is 25.7 Å². The first-order valence-electron chi connectivity index (χ1n) is 8.19. The molecule has 1 atom stereocenters. The molecule has 1 aromatic heterocycles. The lowest BCUT2D eigenvalue weighted by molar-refractivity contribution is -0.157. The molecule has 8 heteroatoms. The molecule has 140 valence electrons. The summed E-state index contributed by atoms with van der Waals surface area (Å²) in [5.74, 6) is -1.05.